The first-order chi connectivity index (χ1) is 8.86. The summed E-state index contributed by atoms with van der Waals surface area (Å²) in [7, 11) is -4.63. The number of carbonyl (C=O) groups is 1. The first kappa shape index (κ1) is 14.5. The minimum Gasteiger partial charge on any atom is -0.341 e. The second-order valence-electron chi connectivity index (χ2n) is 4.52. The van der Waals surface area contributed by atoms with E-state index in [1.807, 2.05) is 24.3 Å². The SMILES string of the molecule is O=C1CC(S(=O)(=O)F)CN1CCc1ccc(Br)cc1. The molecule has 0 spiro atoms. The van der Waals surface area contributed by atoms with E-state index in [2.05, 4.69) is 15.9 Å². The molecule has 0 bridgehead atoms. The molecule has 0 aromatic heterocycles. The largest absolute Gasteiger partial charge is 0.341 e. The van der Waals surface area contributed by atoms with Crippen molar-refractivity contribution in [2.45, 2.75) is 18.1 Å². The van der Waals surface area contributed by atoms with Crippen molar-refractivity contribution in [3.63, 3.8) is 0 Å². The molecule has 0 N–H and O–H groups in total. The molecule has 1 aliphatic heterocycles. The van der Waals surface area contributed by atoms with Crippen LogP contribution >= 0.6 is 15.9 Å². The number of carbonyl (C=O) groups excluding carboxylic acids is 1. The number of rotatable bonds is 4. The van der Waals surface area contributed by atoms with Gasteiger partial charge in [0.05, 0.1) is 0 Å². The summed E-state index contributed by atoms with van der Waals surface area (Å²) in [5, 5.41) is -1.20. The van der Waals surface area contributed by atoms with Crippen LogP contribution in [0.5, 0.6) is 0 Å². The van der Waals surface area contributed by atoms with Gasteiger partial charge in [0, 0.05) is 24.0 Å². The number of halogens is 2. The molecule has 7 heteroatoms. The molecule has 1 fully saturated rings. The second kappa shape index (κ2) is 5.58. The Morgan fingerprint density at radius 2 is 1.95 bits per heavy atom. The first-order valence-corrected chi connectivity index (χ1v) is 8.06. The lowest BCUT2D eigenvalue weighted by atomic mass is 10.1. The zero-order valence-corrected chi connectivity index (χ0v) is 12.5. The zero-order valence-electron chi connectivity index (χ0n) is 10.1. The number of amides is 1. The van der Waals surface area contributed by atoms with Gasteiger partial charge in [-0.2, -0.15) is 8.42 Å². The van der Waals surface area contributed by atoms with Crippen LogP contribution in [0.4, 0.5) is 3.89 Å². The molecule has 1 saturated heterocycles. The fraction of sp³-hybridized carbons (Fsp3) is 0.417. The zero-order chi connectivity index (χ0) is 14.0. The van der Waals surface area contributed by atoms with Gasteiger partial charge in [-0.05, 0) is 24.1 Å². The maximum atomic E-state index is 12.8. The van der Waals surface area contributed by atoms with E-state index in [4.69, 9.17) is 0 Å². The Hall–Kier alpha value is -0.950. The third-order valence-electron chi connectivity index (χ3n) is 3.16. The summed E-state index contributed by atoms with van der Waals surface area (Å²) in [6.07, 6.45) is 0.372. The van der Waals surface area contributed by atoms with Crippen molar-refractivity contribution in [1.29, 1.82) is 0 Å². The summed E-state index contributed by atoms with van der Waals surface area (Å²) in [5.41, 5.74) is 1.04. The van der Waals surface area contributed by atoms with E-state index in [-0.39, 0.29) is 18.9 Å². The van der Waals surface area contributed by atoms with Crippen molar-refractivity contribution >= 4 is 32.1 Å². The van der Waals surface area contributed by atoms with Crippen molar-refractivity contribution in [3.05, 3.63) is 34.3 Å². The van der Waals surface area contributed by atoms with Gasteiger partial charge in [-0.1, -0.05) is 28.1 Å². The van der Waals surface area contributed by atoms with Crippen molar-refractivity contribution in [2.24, 2.45) is 0 Å². The molecule has 1 aromatic rings. The number of likely N-dealkylation sites (tertiary alicyclic amines) is 1. The quantitative estimate of drug-likeness (QED) is 0.780. The van der Waals surface area contributed by atoms with Crippen molar-refractivity contribution in [3.8, 4) is 0 Å². The molecule has 1 aliphatic rings. The Balaban J connectivity index is 1.94. The van der Waals surface area contributed by atoms with Gasteiger partial charge in [0.15, 0.2) is 0 Å². The van der Waals surface area contributed by atoms with Gasteiger partial charge in [-0.15, -0.1) is 3.89 Å². The van der Waals surface area contributed by atoms with Gasteiger partial charge < -0.3 is 4.90 Å². The van der Waals surface area contributed by atoms with Crippen molar-refractivity contribution < 1.29 is 17.1 Å². The summed E-state index contributed by atoms with van der Waals surface area (Å²) >= 11 is 3.33. The Bertz CT molecular complexity index is 573. The average molecular weight is 350 g/mol. The highest BCUT2D eigenvalue weighted by atomic mass is 79.9. The van der Waals surface area contributed by atoms with Crippen LogP contribution < -0.4 is 0 Å². The third kappa shape index (κ3) is 3.76. The highest BCUT2D eigenvalue weighted by Crippen LogP contribution is 2.20. The lowest BCUT2D eigenvalue weighted by Crippen LogP contribution is -2.29. The molecule has 19 heavy (non-hydrogen) atoms. The van der Waals surface area contributed by atoms with Gasteiger partial charge >= 0.3 is 10.2 Å². The Morgan fingerprint density at radius 1 is 1.32 bits per heavy atom. The number of hydrogen-bond acceptors (Lipinski definition) is 3. The lowest BCUT2D eigenvalue weighted by Gasteiger charge is -2.15. The van der Waals surface area contributed by atoms with Gasteiger partial charge in [0.1, 0.15) is 5.25 Å². The minimum absolute atomic E-state index is 0.0474. The van der Waals surface area contributed by atoms with Gasteiger partial charge in [-0.3, -0.25) is 4.79 Å². The van der Waals surface area contributed by atoms with E-state index in [0.29, 0.717) is 13.0 Å². The molecule has 0 radical (unpaired) electrons. The van der Waals surface area contributed by atoms with Crippen LogP contribution in [0.2, 0.25) is 0 Å². The standard InChI is InChI=1S/C12H13BrFNO3S/c13-10-3-1-9(2-4-10)5-6-15-8-11(7-12(15)16)19(14,17)18/h1-4,11H,5-8H2. The molecule has 1 unspecified atom stereocenters. The molecule has 1 aromatic carbocycles. The molecular formula is C12H13BrFNO3S. The maximum Gasteiger partial charge on any atom is 0.307 e. The summed E-state index contributed by atoms with van der Waals surface area (Å²) in [6, 6.07) is 7.65. The van der Waals surface area contributed by atoms with Crippen LogP contribution in [0, 0.1) is 0 Å². The van der Waals surface area contributed by atoms with Gasteiger partial charge in [-0.25, -0.2) is 0 Å². The smallest absolute Gasteiger partial charge is 0.307 e. The Labute approximate surface area is 119 Å². The molecule has 1 atom stereocenters. The molecule has 1 amide bonds. The van der Waals surface area contributed by atoms with Crippen LogP contribution in [-0.2, 0) is 21.4 Å². The average Bonchev–Trinajstić information content (AvgIpc) is 2.70. The van der Waals surface area contributed by atoms with E-state index in [0.717, 1.165) is 10.0 Å². The van der Waals surface area contributed by atoms with Gasteiger partial charge in [0.25, 0.3) is 0 Å². The monoisotopic (exact) mass is 349 g/mol. The minimum atomic E-state index is -4.63. The Morgan fingerprint density at radius 3 is 2.47 bits per heavy atom. The van der Waals surface area contributed by atoms with Crippen LogP contribution in [-0.4, -0.2) is 37.6 Å². The lowest BCUT2D eigenvalue weighted by molar-refractivity contribution is -0.127. The van der Waals surface area contributed by atoms with E-state index in [1.165, 1.54) is 4.90 Å². The number of nitrogens with zero attached hydrogens (tertiary/aromatic N) is 1. The van der Waals surface area contributed by atoms with E-state index in [9.17, 15) is 17.1 Å². The normalized spacial score (nSPS) is 20.0. The van der Waals surface area contributed by atoms with Crippen molar-refractivity contribution in [2.75, 3.05) is 13.1 Å². The summed E-state index contributed by atoms with van der Waals surface area (Å²) in [4.78, 5) is 13.0. The third-order valence-corrected chi connectivity index (χ3v) is 4.80. The molecule has 104 valence electrons. The van der Waals surface area contributed by atoms with Crippen LogP contribution in [0.15, 0.2) is 28.7 Å². The molecular weight excluding hydrogens is 337 g/mol. The fourth-order valence-corrected chi connectivity index (χ4v) is 3.02. The first-order valence-electron chi connectivity index (χ1n) is 5.82. The van der Waals surface area contributed by atoms with Crippen molar-refractivity contribution in [1.82, 2.24) is 4.90 Å². The number of hydrogen-bond donors (Lipinski definition) is 0. The highest BCUT2D eigenvalue weighted by Gasteiger charge is 2.37. The predicted octanol–water partition coefficient (Wildman–Crippen LogP) is 1.89. The van der Waals surface area contributed by atoms with Crippen LogP contribution in [0.25, 0.3) is 0 Å². The predicted molar refractivity (Wildman–Crippen MR) is 72.9 cm³/mol. The summed E-state index contributed by atoms with van der Waals surface area (Å²) in [6.45, 7) is 0.362. The van der Waals surface area contributed by atoms with E-state index < -0.39 is 15.5 Å². The maximum absolute atomic E-state index is 12.8. The van der Waals surface area contributed by atoms with E-state index in [1.54, 1.807) is 0 Å². The molecule has 1 heterocycles. The second-order valence-corrected chi connectivity index (χ2v) is 7.05. The molecule has 0 aliphatic carbocycles. The Kier molecular flexibility index (Phi) is 4.25. The molecule has 4 nitrogen and oxygen atoms in total. The van der Waals surface area contributed by atoms with E-state index >= 15 is 0 Å². The summed E-state index contributed by atoms with van der Waals surface area (Å²) < 4.78 is 35.4. The van der Waals surface area contributed by atoms with Crippen LogP contribution in [0.1, 0.15) is 12.0 Å². The molecule has 2 rings (SSSR count). The topological polar surface area (TPSA) is 54.5 Å². The highest BCUT2D eigenvalue weighted by molar-refractivity contribution is 9.10. The summed E-state index contributed by atoms with van der Waals surface area (Å²) in [5.74, 6) is -0.302. The number of benzene rings is 1. The van der Waals surface area contributed by atoms with Gasteiger partial charge in [0.2, 0.25) is 5.91 Å². The van der Waals surface area contributed by atoms with Crippen LogP contribution in [0.3, 0.4) is 0 Å². The molecule has 0 saturated carbocycles. The fourth-order valence-electron chi connectivity index (χ4n) is 2.06.